The molecule has 0 saturated carbocycles. The Labute approximate surface area is 538 Å². The molecule has 0 amide bonds. The summed E-state index contributed by atoms with van der Waals surface area (Å²) in [5.74, 6) is -1.64. The zero-order chi connectivity index (χ0) is 64.9. The molecule has 8 bridgehead atoms. The highest BCUT2D eigenvalue weighted by atomic mass is 16.6. The second kappa shape index (κ2) is 32.7. The first-order valence-corrected chi connectivity index (χ1v) is 30.7. The van der Waals surface area contributed by atoms with Gasteiger partial charge in [-0.1, -0.05) is 121 Å². The van der Waals surface area contributed by atoms with E-state index in [4.69, 9.17) is 56.8 Å². The highest BCUT2D eigenvalue weighted by Crippen LogP contribution is 2.53. The van der Waals surface area contributed by atoms with Crippen LogP contribution >= 0.6 is 0 Å². The summed E-state index contributed by atoms with van der Waals surface area (Å²) in [7, 11) is 11.6. The molecule has 8 aromatic carbocycles. The summed E-state index contributed by atoms with van der Waals surface area (Å²) in [6.07, 6.45) is 4.14. The van der Waals surface area contributed by atoms with Crippen LogP contribution in [0, 0.1) is 0 Å². The molecule has 0 fully saturated rings. The molecule has 8 aromatic rings. The maximum atomic E-state index is 13.3. The summed E-state index contributed by atoms with van der Waals surface area (Å²) in [6, 6.07) is 56.4. The zero-order valence-corrected chi connectivity index (χ0v) is 53.5. The van der Waals surface area contributed by atoms with Crippen molar-refractivity contribution in [1.29, 1.82) is 0 Å². The largest absolute Gasteiger partial charge is 0.496 e. The average molecular weight is 1250 g/mol. The Kier molecular flexibility index (Phi) is 23.6. The van der Waals surface area contributed by atoms with Crippen LogP contribution in [0.15, 0.2) is 170 Å². The number of benzene rings is 8. The highest BCUT2D eigenvalue weighted by molar-refractivity contribution is 5.73. The van der Waals surface area contributed by atoms with Gasteiger partial charge in [-0.2, -0.15) is 0 Å². The minimum absolute atomic E-state index is 0.347. The van der Waals surface area contributed by atoms with Gasteiger partial charge in [-0.25, -0.2) is 19.2 Å². The SMILES string of the molecule is COC(=O)COc1cc(OC)c2cc1[C@@H](CCc1ccccc1)c1cc(c(OCC(=O)OC)cc1OC)[C@@H](CCc1ccccc1)c1cc(c(OCC(=O)OC)cc1OC)[C@@H](CCc1ccccc1)c1cc(c(OCC(=O)OC)cc1OC)[C@H]2CCc1ccccc1. The predicted octanol–water partition coefficient (Wildman–Crippen LogP) is 13.3. The summed E-state index contributed by atoms with van der Waals surface area (Å²) in [4.78, 5) is 53.2. The maximum Gasteiger partial charge on any atom is 0.343 e. The third kappa shape index (κ3) is 16.5. The number of carbonyl (C=O) groups is 4. The van der Waals surface area contributed by atoms with E-state index >= 15 is 0 Å². The smallest absolute Gasteiger partial charge is 0.343 e. The highest BCUT2D eigenvalue weighted by Gasteiger charge is 2.36. The minimum atomic E-state index is -0.599. The van der Waals surface area contributed by atoms with Gasteiger partial charge in [0.05, 0.1) is 56.9 Å². The Morgan fingerprint density at radius 2 is 0.446 bits per heavy atom. The molecule has 9 rings (SSSR count). The van der Waals surface area contributed by atoms with Crippen LogP contribution in [0.25, 0.3) is 0 Å². The van der Waals surface area contributed by atoms with Gasteiger partial charge in [-0.3, -0.25) is 0 Å². The first kappa shape index (κ1) is 66.5. The average Bonchev–Trinajstić information content (AvgIpc) is 0.763. The van der Waals surface area contributed by atoms with E-state index in [1.54, 1.807) is 28.4 Å². The zero-order valence-electron chi connectivity index (χ0n) is 53.5. The molecule has 0 aliphatic heterocycles. The van der Waals surface area contributed by atoms with Crippen molar-refractivity contribution in [3.05, 3.63) is 237 Å². The summed E-state index contributed by atoms with van der Waals surface area (Å²) in [6.45, 7) is -1.73. The fraction of sp³-hybridized carbons (Fsp3) is 0.316. The van der Waals surface area contributed by atoms with Crippen LogP contribution in [0.1, 0.15) is 116 Å². The van der Waals surface area contributed by atoms with Crippen molar-refractivity contribution in [2.24, 2.45) is 0 Å². The van der Waals surface area contributed by atoms with Crippen molar-refractivity contribution in [2.45, 2.75) is 75.0 Å². The second-order valence-electron chi connectivity index (χ2n) is 22.3. The van der Waals surface area contributed by atoms with Crippen molar-refractivity contribution in [2.75, 3.05) is 83.3 Å². The van der Waals surface area contributed by atoms with Crippen molar-refractivity contribution in [3.63, 3.8) is 0 Å². The number of hydrogen-bond donors (Lipinski definition) is 0. The number of methoxy groups -OCH3 is 8. The molecule has 0 heterocycles. The summed E-state index contributed by atoms with van der Waals surface area (Å²) >= 11 is 0. The maximum absolute atomic E-state index is 13.3. The standard InChI is InChI=1S/C76H80O16/c1-81-65-41-69(89-45-73(77)85-5)61-37-57(65)53(33-29-49-21-13-9-14-22-49)62-38-58(66(82-2)42-70(62)90-46-74(78)86-6)55(35-31-51-25-17-11-18-26-51)64-40-60(68(84-4)44-72(64)92-48-76(80)88-8)56(36-32-52-27-19-12-20-28-52)63-39-59(54(61)34-30-50-23-15-10-16-24-50)67(83-3)43-71(63)91-47-75(79)87-7/h9-28,37-44,53-56H,29-36,45-48H2,1-8H3/t53-,54-,55-,56-/m0/s1. The number of fused-ring (bicyclic) bond motifs is 8. The van der Waals surface area contributed by atoms with E-state index in [9.17, 15) is 19.2 Å². The Morgan fingerprint density at radius 3 is 0.620 bits per heavy atom. The van der Waals surface area contributed by atoms with Crippen molar-refractivity contribution < 1.29 is 76.0 Å². The van der Waals surface area contributed by atoms with Gasteiger partial charge >= 0.3 is 23.9 Å². The molecule has 1 aliphatic rings. The Balaban J connectivity index is 1.49. The molecule has 0 radical (unpaired) electrons. The Hall–Kier alpha value is -9.96. The molecular weight excluding hydrogens is 1170 g/mol. The van der Waals surface area contributed by atoms with Crippen LogP contribution in [-0.2, 0) is 63.8 Å². The van der Waals surface area contributed by atoms with E-state index < -0.39 is 74.0 Å². The Bertz CT molecular complexity index is 3270. The van der Waals surface area contributed by atoms with Gasteiger partial charge in [0, 0.05) is 92.4 Å². The summed E-state index contributed by atoms with van der Waals surface area (Å²) in [5, 5.41) is 0. The van der Waals surface area contributed by atoms with Gasteiger partial charge in [-0.15, -0.1) is 0 Å². The lowest BCUT2D eigenvalue weighted by molar-refractivity contribution is -0.143. The van der Waals surface area contributed by atoms with Crippen molar-refractivity contribution >= 4 is 23.9 Å². The number of rotatable bonds is 28. The van der Waals surface area contributed by atoms with Crippen LogP contribution in [-0.4, -0.2) is 107 Å². The third-order valence-electron chi connectivity index (χ3n) is 17.0. The molecule has 0 aromatic heterocycles. The minimum Gasteiger partial charge on any atom is -0.496 e. The normalized spacial score (nSPS) is 14.8. The monoisotopic (exact) mass is 1250 g/mol. The molecule has 4 atom stereocenters. The third-order valence-corrected chi connectivity index (χ3v) is 17.0. The van der Waals surface area contributed by atoms with Gasteiger partial charge in [-0.05, 0) is 97.9 Å². The second-order valence-corrected chi connectivity index (χ2v) is 22.3. The molecular formula is C76H80O16. The molecule has 0 unspecified atom stereocenters. The molecule has 480 valence electrons. The molecule has 16 nitrogen and oxygen atoms in total. The number of ether oxygens (including phenoxy) is 12. The van der Waals surface area contributed by atoms with Crippen LogP contribution in [0.5, 0.6) is 46.0 Å². The van der Waals surface area contributed by atoms with E-state index in [0.717, 1.165) is 44.5 Å². The van der Waals surface area contributed by atoms with Crippen molar-refractivity contribution in [3.8, 4) is 46.0 Å². The molecule has 0 N–H and O–H groups in total. The fourth-order valence-corrected chi connectivity index (χ4v) is 12.3. The van der Waals surface area contributed by atoms with Gasteiger partial charge in [0.25, 0.3) is 0 Å². The van der Waals surface area contributed by atoms with E-state index in [2.05, 4.69) is 72.8 Å². The molecule has 0 saturated heterocycles. The van der Waals surface area contributed by atoms with Crippen LogP contribution in [0.2, 0.25) is 0 Å². The lowest BCUT2D eigenvalue weighted by Crippen LogP contribution is -2.19. The lowest BCUT2D eigenvalue weighted by Gasteiger charge is -2.32. The van der Waals surface area contributed by atoms with Gasteiger partial charge in [0.2, 0.25) is 0 Å². The molecule has 92 heavy (non-hydrogen) atoms. The van der Waals surface area contributed by atoms with Crippen LogP contribution in [0.3, 0.4) is 0 Å². The van der Waals surface area contributed by atoms with E-state index in [-0.39, 0.29) is 0 Å². The number of carbonyl (C=O) groups excluding carboxylic acids is 4. The molecule has 1 aliphatic carbocycles. The van der Waals surface area contributed by atoms with E-state index in [0.29, 0.717) is 120 Å². The predicted molar refractivity (Wildman–Crippen MR) is 348 cm³/mol. The van der Waals surface area contributed by atoms with Gasteiger partial charge in [0.15, 0.2) is 26.4 Å². The molecule has 0 spiro atoms. The molecule has 16 heteroatoms. The van der Waals surface area contributed by atoms with Crippen molar-refractivity contribution in [1.82, 2.24) is 0 Å². The number of esters is 4. The topological polar surface area (TPSA) is 179 Å². The lowest BCUT2D eigenvalue weighted by atomic mass is 9.76. The quantitative estimate of drug-likeness (QED) is 0.0334. The first-order valence-electron chi connectivity index (χ1n) is 30.7. The Morgan fingerprint density at radius 1 is 0.261 bits per heavy atom. The van der Waals surface area contributed by atoms with E-state index in [1.165, 1.54) is 28.4 Å². The summed E-state index contributed by atoms with van der Waals surface area (Å²) < 4.78 is 73.5. The fourth-order valence-electron chi connectivity index (χ4n) is 12.3. The summed E-state index contributed by atoms with van der Waals surface area (Å²) in [5.41, 5.74) is 9.92. The van der Waals surface area contributed by atoms with Crippen LogP contribution in [0.4, 0.5) is 0 Å². The van der Waals surface area contributed by atoms with Gasteiger partial charge in [0.1, 0.15) is 46.0 Å². The number of aryl methyl sites for hydroxylation is 4. The van der Waals surface area contributed by atoms with Crippen LogP contribution < -0.4 is 37.9 Å². The number of hydrogen-bond acceptors (Lipinski definition) is 16. The first-order chi connectivity index (χ1) is 44.9. The van der Waals surface area contributed by atoms with Gasteiger partial charge < -0.3 is 56.8 Å². The van der Waals surface area contributed by atoms with E-state index in [1.807, 2.05) is 97.1 Å².